The number of H-pyrrole nitrogens is 1. The van der Waals surface area contributed by atoms with Crippen LogP contribution in [0.3, 0.4) is 0 Å². The van der Waals surface area contributed by atoms with Crippen LogP contribution in [0.5, 0.6) is 0 Å². The average Bonchev–Trinajstić information content (AvgIpc) is 2.71. The third-order valence-corrected chi connectivity index (χ3v) is 2.09. The van der Waals surface area contributed by atoms with E-state index in [1.807, 2.05) is 26.2 Å². The van der Waals surface area contributed by atoms with Gasteiger partial charge in [-0.2, -0.15) is 15.4 Å². The molecule has 0 aliphatic carbocycles. The first-order chi connectivity index (χ1) is 6.77. The van der Waals surface area contributed by atoms with Gasteiger partial charge in [0.2, 0.25) is 0 Å². The molecule has 2 rings (SSSR count). The molecule has 0 bridgehead atoms. The first-order valence-electron chi connectivity index (χ1n) is 4.41. The lowest BCUT2D eigenvalue weighted by molar-refractivity contribution is 0.942. The fraction of sp³-hybridized carbons (Fsp3) is 0.200. The van der Waals surface area contributed by atoms with E-state index in [0.717, 1.165) is 11.3 Å². The zero-order valence-electron chi connectivity index (χ0n) is 8.23. The lowest BCUT2D eigenvalue weighted by Crippen LogP contribution is -2.07. The van der Waals surface area contributed by atoms with Crippen molar-refractivity contribution < 1.29 is 0 Å². The highest BCUT2D eigenvalue weighted by Gasteiger charge is 2.00. The lowest BCUT2D eigenvalue weighted by atomic mass is 10.1. The van der Waals surface area contributed by atoms with Crippen molar-refractivity contribution >= 4 is 5.69 Å². The van der Waals surface area contributed by atoms with Crippen molar-refractivity contribution in [3.63, 3.8) is 0 Å². The van der Waals surface area contributed by atoms with Gasteiger partial charge in [-0.3, -0.25) is 0 Å². The van der Waals surface area contributed by atoms with Gasteiger partial charge in [0.1, 0.15) is 5.69 Å². The van der Waals surface area contributed by atoms with Crippen LogP contribution in [0.2, 0.25) is 0 Å². The summed E-state index contributed by atoms with van der Waals surface area (Å²) in [4.78, 5) is 2.06. The molecule has 4 heteroatoms. The van der Waals surface area contributed by atoms with Crippen LogP contribution in [0.15, 0.2) is 30.5 Å². The number of nitrogens with zero attached hydrogens (tertiary/aromatic N) is 3. The number of aromatic nitrogens is 3. The molecular formula is C10H12N4. The smallest absolute Gasteiger partial charge is 0.112 e. The summed E-state index contributed by atoms with van der Waals surface area (Å²) in [6.07, 6.45) is 1.71. The second-order valence-electron chi connectivity index (χ2n) is 3.30. The highest BCUT2D eigenvalue weighted by atomic mass is 15.3. The van der Waals surface area contributed by atoms with Crippen molar-refractivity contribution in [2.24, 2.45) is 0 Å². The minimum absolute atomic E-state index is 0.871. The van der Waals surface area contributed by atoms with Crippen LogP contribution in [-0.2, 0) is 0 Å². The van der Waals surface area contributed by atoms with Gasteiger partial charge in [0, 0.05) is 25.3 Å². The van der Waals surface area contributed by atoms with Crippen LogP contribution in [0.1, 0.15) is 0 Å². The molecule has 0 amide bonds. The van der Waals surface area contributed by atoms with Crippen LogP contribution in [0.25, 0.3) is 11.3 Å². The molecule has 0 radical (unpaired) electrons. The number of rotatable bonds is 2. The van der Waals surface area contributed by atoms with Crippen molar-refractivity contribution in [2.45, 2.75) is 0 Å². The zero-order valence-corrected chi connectivity index (χ0v) is 8.23. The summed E-state index contributed by atoms with van der Waals surface area (Å²) in [5, 5.41) is 10.4. The molecule has 0 saturated carbocycles. The summed E-state index contributed by atoms with van der Waals surface area (Å²) in [7, 11) is 4.04. The molecule has 0 spiro atoms. The van der Waals surface area contributed by atoms with Gasteiger partial charge in [-0.15, -0.1) is 0 Å². The Morgan fingerprint density at radius 2 is 1.86 bits per heavy atom. The Balaban J connectivity index is 2.31. The zero-order chi connectivity index (χ0) is 9.97. The molecule has 1 N–H and O–H groups in total. The van der Waals surface area contributed by atoms with Gasteiger partial charge in [-0.05, 0) is 12.1 Å². The van der Waals surface area contributed by atoms with Crippen LogP contribution in [0.4, 0.5) is 5.69 Å². The number of benzene rings is 1. The fourth-order valence-electron chi connectivity index (χ4n) is 1.27. The predicted molar refractivity (Wildman–Crippen MR) is 56.1 cm³/mol. The Kier molecular flexibility index (Phi) is 2.18. The Labute approximate surface area is 82.6 Å². The normalized spacial score (nSPS) is 10.1. The third-order valence-electron chi connectivity index (χ3n) is 2.09. The third kappa shape index (κ3) is 1.59. The number of hydrogen-bond acceptors (Lipinski definition) is 3. The van der Waals surface area contributed by atoms with Gasteiger partial charge in [-0.25, -0.2) is 0 Å². The number of nitrogens with one attached hydrogen (secondary N) is 1. The summed E-state index contributed by atoms with van der Waals surface area (Å²) in [6.45, 7) is 0. The van der Waals surface area contributed by atoms with Crippen molar-refractivity contribution in [2.75, 3.05) is 19.0 Å². The van der Waals surface area contributed by atoms with Crippen LogP contribution in [0, 0.1) is 0 Å². The van der Waals surface area contributed by atoms with Gasteiger partial charge in [0.15, 0.2) is 0 Å². The van der Waals surface area contributed by atoms with Crippen LogP contribution >= 0.6 is 0 Å². The van der Waals surface area contributed by atoms with Crippen LogP contribution in [-0.4, -0.2) is 29.5 Å². The average molecular weight is 188 g/mol. The maximum Gasteiger partial charge on any atom is 0.112 e. The van der Waals surface area contributed by atoms with Crippen molar-refractivity contribution in [3.8, 4) is 11.3 Å². The van der Waals surface area contributed by atoms with Crippen molar-refractivity contribution in [1.29, 1.82) is 0 Å². The first kappa shape index (κ1) is 8.74. The summed E-state index contributed by atoms with van der Waals surface area (Å²) >= 11 is 0. The second kappa shape index (κ2) is 3.49. The van der Waals surface area contributed by atoms with Gasteiger partial charge in [0.25, 0.3) is 0 Å². The van der Waals surface area contributed by atoms with Crippen LogP contribution < -0.4 is 4.90 Å². The first-order valence-corrected chi connectivity index (χ1v) is 4.41. The topological polar surface area (TPSA) is 44.8 Å². The minimum atomic E-state index is 0.871. The lowest BCUT2D eigenvalue weighted by Gasteiger charge is -2.11. The molecule has 4 nitrogen and oxygen atoms in total. The Morgan fingerprint density at radius 3 is 2.36 bits per heavy atom. The largest absolute Gasteiger partial charge is 0.378 e. The highest BCUT2D eigenvalue weighted by molar-refractivity contribution is 5.61. The fourth-order valence-corrected chi connectivity index (χ4v) is 1.27. The van der Waals surface area contributed by atoms with E-state index in [9.17, 15) is 0 Å². The quantitative estimate of drug-likeness (QED) is 0.777. The standard InChI is InChI=1S/C10H12N4/c1-14(2)9-5-3-8(4-6-9)10-7-11-13-12-10/h3-7H,1-2H3,(H,11,12,13). The molecule has 14 heavy (non-hydrogen) atoms. The predicted octanol–water partition coefficient (Wildman–Crippen LogP) is 1.54. The maximum atomic E-state index is 4.01. The summed E-state index contributed by atoms with van der Waals surface area (Å²) in [6, 6.07) is 8.19. The molecule has 0 atom stereocenters. The van der Waals surface area contributed by atoms with Gasteiger partial charge < -0.3 is 4.90 Å². The van der Waals surface area contributed by atoms with E-state index in [0.29, 0.717) is 0 Å². The Hall–Kier alpha value is -1.84. The maximum absolute atomic E-state index is 4.01. The van der Waals surface area contributed by atoms with Gasteiger partial charge in [-0.1, -0.05) is 12.1 Å². The molecule has 0 aliphatic heterocycles. The molecule has 0 unspecified atom stereocenters. The highest BCUT2D eigenvalue weighted by Crippen LogP contribution is 2.19. The Morgan fingerprint density at radius 1 is 1.14 bits per heavy atom. The van der Waals surface area contributed by atoms with E-state index in [1.54, 1.807) is 6.20 Å². The number of hydrogen-bond donors (Lipinski definition) is 1. The van der Waals surface area contributed by atoms with Gasteiger partial charge in [0.05, 0.1) is 6.20 Å². The van der Waals surface area contributed by atoms with E-state index in [1.165, 1.54) is 5.69 Å². The molecule has 0 saturated heterocycles. The molecule has 0 aliphatic rings. The SMILES string of the molecule is CN(C)c1ccc(-c2cn[nH]n2)cc1. The summed E-state index contributed by atoms with van der Waals surface area (Å²) < 4.78 is 0. The molecule has 72 valence electrons. The Bertz CT molecular complexity index is 389. The number of aromatic amines is 1. The monoisotopic (exact) mass is 188 g/mol. The molecule has 2 aromatic rings. The summed E-state index contributed by atoms with van der Waals surface area (Å²) in [5.41, 5.74) is 3.12. The van der Waals surface area contributed by atoms with Crippen molar-refractivity contribution in [3.05, 3.63) is 30.5 Å². The molecule has 0 fully saturated rings. The molecule has 1 aromatic heterocycles. The summed E-state index contributed by atoms with van der Waals surface area (Å²) in [5.74, 6) is 0. The van der Waals surface area contributed by atoms with E-state index >= 15 is 0 Å². The molecular weight excluding hydrogens is 176 g/mol. The molecule has 1 aromatic carbocycles. The molecule has 1 heterocycles. The van der Waals surface area contributed by atoms with E-state index in [2.05, 4.69) is 32.4 Å². The number of anilines is 1. The minimum Gasteiger partial charge on any atom is -0.378 e. The van der Waals surface area contributed by atoms with Gasteiger partial charge >= 0.3 is 0 Å². The van der Waals surface area contributed by atoms with E-state index < -0.39 is 0 Å². The van der Waals surface area contributed by atoms with Crippen molar-refractivity contribution in [1.82, 2.24) is 15.4 Å². The van der Waals surface area contributed by atoms with E-state index in [-0.39, 0.29) is 0 Å². The van der Waals surface area contributed by atoms with E-state index in [4.69, 9.17) is 0 Å². The second-order valence-corrected chi connectivity index (χ2v) is 3.30.